The number of rotatable bonds is 5. The van der Waals surface area contributed by atoms with Crippen LogP contribution >= 0.6 is 0 Å². The molecular weight excluding hydrogens is 400 g/mol. The first-order valence-electron chi connectivity index (χ1n) is 9.47. The van der Waals surface area contributed by atoms with Gasteiger partial charge in [-0.25, -0.2) is 0 Å². The standard InChI is InChI=1S/C16H27BNSi.3CH3.Sn/c1-6-16(7-2)14(4)19(5,18-17(16)8-3)15-12-10-9-11-13-15;;;;/h9-13,18H,6-8H2,1-5H3;3*1H3;. The van der Waals surface area contributed by atoms with Gasteiger partial charge in [-0.3, -0.25) is 0 Å². The van der Waals surface area contributed by atoms with E-state index in [0.29, 0.717) is 15.2 Å². The predicted octanol–water partition coefficient (Wildman–Crippen LogP) is 5.28. The molecule has 1 saturated heterocycles. The molecule has 1 nitrogen and oxygen atoms in total. The molecule has 0 aromatic heterocycles. The van der Waals surface area contributed by atoms with Crippen molar-refractivity contribution in [1.29, 1.82) is 0 Å². The van der Waals surface area contributed by atoms with Crippen LogP contribution in [-0.2, 0) is 0 Å². The zero-order valence-corrected chi connectivity index (χ0v) is 20.4. The second kappa shape index (κ2) is 6.53. The molecule has 0 aliphatic carbocycles. The van der Waals surface area contributed by atoms with Crippen molar-refractivity contribution >= 4 is 38.6 Å². The molecule has 0 saturated carbocycles. The Morgan fingerprint density at radius 2 is 1.57 bits per heavy atom. The van der Waals surface area contributed by atoms with E-state index in [2.05, 4.69) is 84.3 Å². The van der Waals surface area contributed by atoms with Crippen LogP contribution in [0.2, 0.25) is 36.1 Å². The van der Waals surface area contributed by atoms with Crippen LogP contribution in [-0.4, -0.2) is 33.5 Å². The Kier molecular flexibility index (Phi) is 5.56. The van der Waals surface area contributed by atoms with Crippen LogP contribution < -0.4 is 10.1 Å². The van der Waals surface area contributed by atoms with E-state index in [4.69, 9.17) is 0 Å². The Morgan fingerprint density at radius 1 is 1.04 bits per heavy atom. The third-order valence-electron chi connectivity index (χ3n) is 7.65. The van der Waals surface area contributed by atoms with Crippen molar-refractivity contribution < 1.29 is 0 Å². The van der Waals surface area contributed by atoms with E-state index in [1.807, 2.05) is 0 Å². The van der Waals surface area contributed by atoms with Crippen molar-refractivity contribution in [3.63, 3.8) is 0 Å². The van der Waals surface area contributed by atoms with E-state index >= 15 is 0 Å². The molecule has 1 aliphatic heterocycles. The maximum absolute atomic E-state index is 4.31. The Labute approximate surface area is 150 Å². The third kappa shape index (κ3) is 2.52. The fourth-order valence-electron chi connectivity index (χ4n) is 6.06. The van der Waals surface area contributed by atoms with Crippen LogP contribution in [0.3, 0.4) is 0 Å². The van der Waals surface area contributed by atoms with Gasteiger partial charge in [-0.2, -0.15) is 0 Å². The molecule has 0 amide bonds. The van der Waals surface area contributed by atoms with Crippen LogP contribution in [0.15, 0.2) is 30.3 Å². The van der Waals surface area contributed by atoms with Gasteiger partial charge in [-0.1, -0.05) is 0 Å². The Morgan fingerprint density at radius 3 is 1.96 bits per heavy atom. The van der Waals surface area contributed by atoms with Gasteiger partial charge in [0, 0.05) is 0 Å². The van der Waals surface area contributed by atoms with Crippen molar-refractivity contribution in [3.8, 4) is 0 Å². The van der Waals surface area contributed by atoms with Crippen LogP contribution in [0, 0.1) is 0 Å². The molecule has 2 atom stereocenters. The summed E-state index contributed by atoms with van der Waals surface area (Å²) in [4.78, 5) is 12.4. The van der Waals surface area contributed by atoms with E-state index in [9.17, 15) is 0 Å². The normalized spacial score (nSPS) is 30.7. The molecule has 1 aromatic rings. The summed E-state index contributed by atoms with van der Waals surface area (Å²) in [5.74, 6) is 0. The van der Waals surface area contributed by atoms with E-state index in [-0.39, 0.29) is 0 Å². The summed E-state index contributed by atoms with van der Waals surface area (Å²) in [6.07, 6.45) is 3.89. The zero-order chi connectivity index (χ0) is 17.5. The zero-order valence-electron chi connectivity index (χ0n) is 16.6. The SMILES string of the molecule is CCB1N[Si](C)(c2ccccc2)[C](C)([Sn]([CH3])([CH3])[CH3])C1(CC)CC. The molecule has 1 aliphatic rings. The predicted molar refractivity (Wildman–Crippen MR) is 112 cm³/mol. The maximum atomic E-state index is 4.31. The van der Waals surface area contributed by atoms with E-state index in [1.54, 1.807) is 5.19 Å². The fourth-order valence-corrected chi connectivity index (χ4v) is 32.6. The minimum absolute atomic E-state index is 0.465. The van der Waals surface area contributed by atoms with Crippen LogP contribution in [0.1, 0.15) is 40.5 Å². The van der Waals surface area contributed by atoms with Gasteiger partial charge < -0.3 is 0 Å². The average molecular weight is 436 g/mol. The first kappa shape index (κ1) is 19.6. The molecule has 0 radical (unpaired) electrons. The number of benzene rings is 1. The van der Waals surface area contributed by atoms with Gasteiger partial charge in [0.15, 0.2) is 0 Å². The molecular formula is C19H36BNSiSn. The summed E-state index contributed by atoms with van der Waals surface area (Å²) < 4.78 is 0.514. The Bertz CT molecular complexity index is 540. The van der Waals surface area contributed by atoms with Gasteiger partial charge in [-0.15, -0.1) is 0 Å². The van der Waals surface area contributed by atoms with Crippen LogP contribution in [0.5, 0.6) is 0 Å². The second-order valence-corrected chi connectivity index (χ2v) is 30.1. The monoisotopic (exact) mass is 437 g/mol. The number of nitrogens with one attached hydrogen (secondary N) is 1. The van der Waals surface area contributed by atoms with E-state index in [1.165, 1.54) is 19.2 Å². The van der Waals surface area contributed by atoms with Crippen molar-refractivity contribution in [2.24, 2.45) is 0 Å². The van der Waals surface area contributed by atoms with E-state index in [0.717, 1.165) is 0 Å². The molecule has 1 N–H and O–H groups in total. The first-order valence-corrected chi connectivity index (χ1v) is 22.0. The van der Waals surface area contributed by atoms with Gasteiger partial charge in [0.2, 0.25) is 0 Å². The Balaban J connectivity index is 2.78. The molecule has 1 fully saturated rings. The van der Waals surface area contributed by atoms with Crippen molar-refractivity contribution in [1.82, 2.24) is 4.89 Å². The van der Waals surface area contributed by atoms with Gasteiger partial charge in [-0.05, 0) is 0 Å². The fraction of sp³-hybridized carbons (Fsp3) is 0.684. The topological polar surface area (TPSA) is 12.0 Å². The van der Waals surface area contributed by atoms with Crippen molar-refractivity contribution in [2.45, 2.75) is 76.6 Å². The quantitative estimate of drug-likeness (QED) is 0.620. The number of hydrogen-bond donors (Lipinski definition) is 1. The molecule has 1 aromatic carbocycles. The molecule has 2 unspecified atom stereocenters. The van der Waals surface area contributed by atoms with E-state index < -0.39 is 26.6 Å². The van der Waals surface area contributed by atoms with Gasteiger partial charge in [0.05, 0.1) is 0 Å². The second-order valence-electron chi connectivity index (χ2n) is 8.83. The molecule has 0 spiro atoms. The van der Waals surface area contributed by atoms with Crippen molar-refractivity contribution in [3.05, 3.63) is 30.3 Å². The molecule has 4 heteroatoms. The number of hydrogen-bond acceptors (Lipinski definition) is 1. The summed E-state index contributed by atoms with van der Waals surface area (Å²) in [5.41, 5.74) is 0. The van der Waals surface area contributed by atoms with Gasteiger partial charge in [0.1, 0.15) is 0 Å². The summed E-state index contributed by atoms with van der Waals surface area (Å²) >= 11 is -2.26. The third-order valence-corrected chi connectivity index (χ3v) is 31.9. The molecule has 0 bridgehead atoms. The van der Waals surface area contributed by atoms with Gasteiger partial charge >= 0.3 is 150 Å². The summed E-state index contributed by atoms with van der Waals surface area (Å²) in [6, 6.07) is 11.5. The van der Waals surface area contributed by atoms with Crippen LogP contribution in [0.25, 0.3) is 0 Å². The molecule has 2 rings (SSSR count). The summed E-state index contributed by atoms with van der Waals surface area (Å²) in [5, 5.41) is 2.09. The average Bonchev–Trinajstić information content (AvgIpc) is 2.75. The summed E-state index contributed by atoms with van der Waals surface area (Å²) in [6.45, 7) is 13.3. The molecule has 128 valence electrons. The first-order chi connectivity index (χ1) is 10.6. The molecule has 1 heterocycles. The Hall–Kier alpha value is 0.261. The van der Waals surface area contributed by atoms with Crippen molar-refractivity contribution in [2.75, 3.05) is 0 Å². The minimum atomic E-state index is -2.26. The van der Waals surface area contributed by atoms with Crippen LogP contribution in [0.4, 0.5) is 0 Å². The van der Waals surface area contributed by atoms with Gasteiger partial charge in [0.25, 0.3) is 0 Å². The summed E-state index contributed by atoms with van der Waals surface area (Å²) in [7, 11) is -1.77. The molecule has 23 heavy (non-hydrogen) atoms.